The van der Waals surface area contributed by atoms with Gasteiger partial charge in [-0.25, -0.2) is 19.2 Å². The molecule has 0 fully saturated rings. The number of hydrogen-bond acceptors (Lipinski definition) is 8. The molecule has 0 saturated heterocycles. The van der Waals surface area contributed by atoms with Crippen molar-refractivity contribution in [1.29, 1.82) is 0 Å². The Balaban J connectivity index is 1.69. The molecule has 204 valence electrons. The summed E-state index contributed by atoms with van der Waals surface area (Å²) >= 11 is 0. The van der Waals surface area contributed by atoms with Crippen LogP contribution >= 0.6 is 0 Å². The molecule has 2 aromatic carbocycles. The largest absolute Gasteiger partial charge is 0.462 e. The lowest BCUT2D eigenvalue weighted by molar-refractivity contribution is -0.00740. The zero-order valence-corrected chi connectivity index (χ0v) is 22.5. The van der Waals surface area contributed by atoms with E-state index in [1.54, 1.807) is 48.5 Å². The van der Waals surface area contributed by atoms with E-state index in [-0.39, 0.29) is 13.2 Å². The fraction of sp³-hybridized carbons (Fsp3) is 0.467. The highest BCUT2D eigenvalue weighted by Crippen LogP contribution is 2.22. The van der Waals surface area contributed by atoms with Gasteiger partial charge in [0, 0.05) is 0 Å². The summed E-state index contributed by atoms with van der Waals surface area (Å²) < 4.78 is 22.0. The summed E-state index contributed by atoms with van der Waals surface area (Å²) in [5, 5.41) is 0. The summed E-state index contributed by atoms with van der Waals surface area (Å²) in [5.74, 6) is -1.90. The van der Waals surface area contributed by atoms with Gasteiger partial charge in [0.1, 0.15) is 11.2 Å². The van der Waals surface area contributed by atoms with E-state index in [1.165, 1.54) is 0 Å². The molecule has 4 aliphatic heterocycles. The fourth-order valence-corrected chi connectivity index (χ4v) is 4.01. The number of hydrogen-bond donors (Lipinski definition) is 0. The molecule has 4 heterocycles. The van der Waals surface area contributed by atoms with E-state index in [4.69, 9.17) is 18.9 Å². The predicted molar refractivity (Wildman–Crippen MR) is 140 cm³/mol. The second-order valence-electron chi connectivity index (χ2n) is 10.6. The van der Waals surface area contributed by atoms with Crippen LogP contribution in [0.5, 0.6) is 0 Å². The van der Waals surface area contributed by atoms with E-state index >= 15 is 0 Å². The number of carbonyl (C=O) groups is 4. The highest BCUT2D eigenvalue weighted by atomic mass is 16.6. The van der Waals surface area contributed by atoms with Crippen molar-refractivity contribution in [2.24, 2.45) is 0 Å². The van der Waals surface area contributed by atoms with Crippen molar-refractivity contribution in [3.63, 3.8) is 0 Å². The topological polar surface area (TPSA) is 105 Å². The van der Waals surface area contributed by atoms with Crippen LogP contribution in [0.1, 0.15) is 108 Å². The third-order valence-electron chi connectivity index (χ3n) is 6.26. The number of rotatable bonds is 0. The van der Waals surface area contributed by atoms with Gasteiger partial charge in [-0.05, 0) is 115 Å². The Morgan fingerprint density at radius 3 is 1.08 bits per heavy atom. The molecule has 2 aromatic rings. The van der Waals surface area contributed by atoms with Crippen LogP contribution in [0.4, 0.5) is 0 Å². The van der Waals surface area contributed by atoms with Crippen molar-refractivity contribution in [3.05, 3.63) is 70.8 Å². The Bertz CT molecular complexity index is 1040. The molecule has 0 N–H and O–H groups in total. The van der Waals surface area contributed by atoms with Crippen LogP contribution in [0.15, 0.2) is 48.5 Å². The van der Waals surface area contributed by atoms with E-state index in [0.29, 0.717) is 60.8 Å². The third kappa shape index (κ3) is 8.71. The number of esters is 4. The van der Waals surface area contributed by atoms with Gasteiger partial charge in [-0.1, -0.05) is 0 Å². The normalized spacial score (nSPS) is 19.7. The van der Waals surface area contributed by atoms with Crippen LogP contribution in [0.25, 0.3) is 0 Å². The zero-order valence-electron chi connectivity index (χ0n) is 22.5. The molecular formula is C30H36O8. The molecule has 0 atom stereocenters. The molecule has 0 amide bonds. The average molecular weight is 525 g/mol. The van der Waals surface area contributed by atoms with Crippen molar-refractivity contribution in [2.75, 3.05) is 13.2 Å². The van der Waals surface area contributed by atoms with E-state index in [9.17, 15) is 19.2 Å². The summed E-state index contributed by atoms with van der Waals surface area (Å²) in [4.78, 5) is 50.0. The predicted octanol–water partition coefficient (Wildman–Crippen LogP) is 5.93. The molecule has 0 saturated carbocycles. The van der Waals surface area contributed by atoms with E-state index in [2.05, 4.69) is 0 Å². The van der Waals surface area contributed by atoms with Crippen LogP contribution in [0.2, 0.25) is 0 Å². The average Bonchev–Trinajstić information content (AvgIpc) is 2.87. The van der Waals surface area contributed by atoms with E-state index in [1.807, 2.05) is 27.7 Å². The Labute approximate surface area is 223 Å². The van der Waals surface area contributed by atoms with E-state index in [0.717, 1.165) is 0 Å². The lowest BCUT2D eigenvalue weighted by Crippen LogP contribution is -2.28. The van der Waals surface area contributed by atoms with Crippen LogP contribution in [-0.4, -0.2) is 48.3 Å². The lowest BCUT2D eigenvalue weighted by atomic mass is 10.0. The first-order valence-electron chi connectivity index (χ1n) is 13.0. The van der Waals surface area contributed by atoms with Gasteiger partial charge in [0.05, 0.1) is 35.5 Å². The Kier molecular flexibility index (Phi) is 9.66. The summed E-state index contributed by atoms with van der Waals surface area (Å²) in [6.07, 6.45) is 3.71. The molecule has 0 aromatic heterocycles. The first kappa shape index (κ1) is 28.9. The van der Waals surface area contributed by atoms with Crippen LogP contribution in [-0.2, 0) is 18.9 Å². The SMILES string of the molecule is CC1(C)CCCCOC(=O)c2ccc(cc2)C(=O)OC(C)(C)CCCCOC(=O)c2ccc(cc2)C(=O)O1. The minimum atomic E-state index is -0.720. The minimum absolute atomic E-state index is 0.221. The van der Waals surface area contributed by atoms with Gasteiger partial charge in [0.15, 0.2) is 0 Å². The smallest absolute Gasteiger partial charge is 0.338 e. The zero-order chi connectivity index (χ0) is 27.8. The maximum atomic E-state index is 12.6. The molecule has 0 spiro atoms. The number of benzene rings is 2. The molecular weight excluding hydrogens is 488 g/mol. The van der Waals surface area contributed by atoms with Gasteiger partial charge in [-0.2, -0.15) is 0 Å². The maximum absolute atomic E-state index is 12.6. The van der Waals surface area contributed by atoms with Crippen LogP contribution in [0.3, 0.4) is 0 Å². The number of ether oxygens (including phenoxy) is 4. The molecule has 8 nitrogen and oxygen atoms in total. The molecule has 4 aliphatic rings. The lowest BCUT2D eigenvalue weighted by Gasteiger charge is -2.25. The number of carbonyl (C=O) groups excluding carboxylic acids is 4. The van der Waals surface area contributed by atoms with Crippen molar-refractivity contribution in [1.82, 2.24) is 0 Å². The van der Waals surface area contributed by atoms with Gasteiger partial charge < -0.3 is 18.9 Å². The Hall–Kier alpha value is -3.68. The maximum Gasteiger partial charge on any atom is 0.338 e. The summed E-state index contributed by atoms with van der Waals surface area (Å²) in [5.41, 5.74) is -0.0690. The van der Waals surface area contributed by atoms with Crippen LogP contribution < -0.4 is 0 Å². The van der Waals surface area contributed by atoms with Crippen molar-refractivity contribution >= 4 is 23.9 Å². The summed E-state index contributed by atoms with van der Waals surface area (Å²) in [7, 11) is 0. The molecule has 0 radical (unpaired) electrons. The Morgan fingerprint density at radius 2 is 0.763 bits per heavy atom. The molecule has 0 aliphatic carbocycles. The van der Waals surface area contributed by atoms with Crippen molar-refractivity contribution < 1.29 is 38.1 Å². The summed E-state index contributed by atoms with van der Waals surface area (Å²) in [6.45, 7) is 7.74. The Morgan fingerprint density at radius 1 is 0.474 bits per heavy atom. The second kappa shape index (κ2) is 12.7. The molecule has 4 bridgehead atoms. The highest BCUT2D eigenvalue weighted by molar-refractivity contribution is 5.94. The van der Waals surface area contributed by atoms with Crippen LogP contribution in [0, 0.1) is 0 Å². The van der Waals surface area contributed by atoms with Gasteiger partial charge in [-0.15, -0.1) is 0 Å². The molecule has 8 heteroatoms. The standard InChI is InChI=1S/C30H36O8/c1-29(2)17-5-7-19-35-25(31)22-11-15-24(16-12-22)28(34)38-30(3,4)18-6-8-20-36-26(32)21-9-13-23(14-10-21)27(33)37-29/h9-16H,5-8,17-20H2,1-4H3. The molecule has 38 heavy (non-hydrogen) atoms. The minimum Gasteiger partial charge on any atom is -0.462 e. The monoisotopic (exact) mass is 524 g/mol. The molecule has 6 rings (SSSR count). The molecule has 0 unspecified atom stereocenters. The first-order chi connectivity index (χ1) is 18.0. The van der Waals surface area contributed by atoms with Crippen molar-refractivity contribution in [3.8, 4) is 0 Å². The van der Waals surface area contributed by atoms with Gasteiger partial charge in [0.25, 0.3) is 0 Å². The van der Waals surface area contributed by atoms with Crippen molar-refractivity contribution in [2.45, 2.75) is 77.4 Å². The quantitative estimate of drug-likeness (QED) is 0.309. The van der Waals surface area contributed by atoms with Gasteiger partial charge >= 0.3 is 23.9 Å². The van der Waals surface area contributed by atoms with Gasteiger partial charge in [-0.3, -0.25) is 0 Å². The fourth-order valence-electron chi connectivity index (χ4n) is 4.01. The van der Waals surface area contributed by atoms with E-state index < -0.39 is 35.1 Å². The highest BCUT2D eigenvalue weighted by Gasteiger charge is 2.25. The summed E-state index contributed by atoms with van der Waals surface area (Å²) in [6, 6.07) is 12.3. The first-order valence-corrected chi connectivity index (χ1v) is 13.0. The second-order valence-corrected chi connectivity index (χ2v) is 10.6. The third-order valence-corrected chi connectivity index (χ3v) is 6.26. The van der Waals surface area contributed by atoms with Gasteiger partial charge in [0.2, 0.25) is 0 Å².